The van der Waals surface area contributed by atoms with E-state index in [2.05, 4.69) is 22.1 Å². The van der Waals surface area contributed by atoms with Crippen LogP contribution in [0.2, 0.25) is 0 Å². The molecule has 118 valence electrons. The van der Waals surface area contributed by atoms with E-state index in [4.69, 9.17) is 4.74 Å². The van der Waals surface area contributed by atoms with Crippen LogP contribution < -0.4 is 5.32 Å². The minimum absolute atomic E-state index is 0.0286. The van der Waals surface area contributed by atoms with Gasteiger partial charge in [-0.3, -0.25) is 9.69 Å². The topological polar surface area (TPSA) is 57.4 Å². The highest BCUT2D eigenvalue weighted by molar-refractivity contribution is 7.19. The first-order chi connectivity index (χ1) is 10.7. The number of nitrogens with zero attached hydrogens (tertiary/aromatic N) is 1. The molecule has 0 unspecified atom stereocenters. The Morgan fingerprint density at radius 2 is 2.23 bits per heavy atom. The summed E-state index contributed by atoms with van der Waals surface area (Å²) in [6.45, 7) is 6.68. The number of rotatable bonds is 4. The number of carbonyl (C=O) groups is 1. The first kappa shape index (κ1) is 14.2. The first-order valence-electron chi connectivity index (χ1n) is 7.92. The van der Waals surface area contributed by atoms with Crippen molar-refractivity contribution in [2.24, 2.45) is 0 Å². The number of aryl methyl sites for hydroxylation is 1. The number of hydrogen-bond donors (Lipinski definition) is 2. The third-order valence-electron chi connectivity index (χ3n) is 4.41. The number of aromatic nitrogens is 1. The molecule has 2 aromatic heterocycles. The van der Waals surface area contributed by atoms with Gasteiger partial charge in [0.05, 0.1) is 23.4 Å². The summed E-state index contributed by atoms with van der Waals surface area (Å²) < 4.78 is 6.60. The lowest BCUT2D eigenvalue weighted by molar-refractivity contribution is 0.0343. The zero-order valence-corrected chi connectivity index (χ0v) is 13.6. The van der Waals surface area contributed by atoms with E-state index < -0.39 is 0 Å². The normalized spacial score (nSPS) is 19.7. The van der Waals surface area contributed by atoms with E-state index in [1.54, 1.807) is 11.3 Å². The minimum atomic E-state index is 0.0286. The van der Waals surface area contributed by atoms with Crippen LogP contribution in [0.15, 0.2) is 6.07 Å². The molecule has 3 heterocycles. The van der Waals surface area contributed by atoms with Crippen molar-refractivity contribution in [2.45, 2.75) is 32.4 Å². The van der Waals surface area contributed by atoms with Crippen LogP contribution in [0.1, 0.15) is 33.8 Å². The van der Waals surface area contributed by atoms with Gasteiger partial charge in [0.25, 0.3) is 5.91 Å². The zero-order valence-electron chi connectivity index (χ0n) is 12.8. The Hall–Kier alpha value is -1.37. The first-order valence-corrected chi connectivity index (χ1v) is 8.74. The largest absolute Gasteiger partial charge is 0.379 e. The van der Waals surface area contributed by atoms with Crippen LogP contribution in [0.5, 0.6) is 0 Å². The second-order valence-electron chi connectivity index (χ2n) is 6.20. The van der Waals surface area contributed by atoms with Gasteiger partial charge >= 0.3 is 0 Å². The number of morpholine rings is 1. The molecule has 0 spiro atoms. The predicted molar refractivity (Wildman–Crippen MR) is 87.5 cm³/mol. The fourth-order valence-electron chi connectivity index (χ4n) is 2.93. The average molecular weight is 319 g/mol. The number of hydrogen-bond acceptors (Lipinski definition) is 4. The van der Waals surface area contributed by atoms with Gasteiger partial charge in [0.1, 0.15) is 5.69 Å². The van der Waals surface area contributed by atoms with Gasteiger partial charge in [0.2, 0.25) is 0 Å². The SMILES string of the molecule is Cc1sc2cc(C(=O)NC3CC3)[nH]c2c1CN1CCOCC1. The van der Waals surface area contributed by atoms with Crippen LogP contribution in [-0.2, 0) is 11.3 Å². The number of carbonyl (C=O) groups excluding carboxylic acids is 1. The lowest BCUT2D eigenvalue weighted by Crippen LogP contribution is -2.35. The Balaban J connectivity index is 1.58. The summed E-state index contributed by atoms with van der Waals surface area (Å²) in [6.07, 6.45) is 2.23. The minimum Gasteiger partial charge on any atom is -0.379 e. The molecular weight excluding hydrogens is 298 g/mol. The maximum absolute atomic E-state index is 12.2. The molecule has 0 bridgehead atoms. The molecule has 0 radical (unpaired) electrons. The van der Waals surface area contributed by atoms with E-state index in [9.17, 15) is 4.79 Å². The zero-order chi connectivity index (χ0) is 15.1. The van der Waals surface area contributed by atoms with Crippen LogP contribution in [-0.4, -0.2) is 48.1 Å². The van der Waals surface area contributed by atoms with Crippen molar-refractivity contribution in [1.82, 2.24) is 15.2 Å². The van der Waals surface area contributed by atoms with Gasteiger partial charge in [-0.05, 0) is 25.8 Å². The fourth-order valence-corrected chi connectivity index (χ4v) is 4.00. The Kier molecular flexibility index (Phi) is 3.68. The molecule has 4 rings (SSSR count). The molecule has 2 fully saturated rings. The lowest BCUT2D eigenvalue weighted by Gasteiger charge is -2.26. The molecular formula is C16H21N3O2S. The van der Waals surface area contributed by atoms with E-state index in [-0.39, 0.29) is 5.91 Å². The molecule has 2 aliphatic rings. The lowest BCUT2D eigenvalue weighted by atomic mass is 10.2. The maximum Gasteiger partial charge on any atom is 0.267 e. The predicted octanol–water partition coefficient (Wildman–Crippen LogP) is 2.26. The van der Waals surface area contributed by atoms with Crippen LogP contribution >= 0.6 is 11.3 Å². The van der Waals surface area contributed by atoms with Crippen molar-refractivity contribution in [3.63, 3.8) is 0 Å². The van der Waals surface area contributed by atoms with E-state index in [0.29, 0.717) is 11.7 Å². The fraction of sp³-hybridized carbons (Fsp3) is 0.562. The molecule has 6 heteroatoms. The van der Waals surface area contributed by atoms with Gasteiger partial charge in [-0.1, -0.05) is 0 Å². The molecule has 1 amide bonds. The second-order valence-corrected chi connectivity index (χ2v) is 7.45. The molecule has 1 aliphatic carbocycles. The number of thiophene rings is 1. The van der Waals surface area contributed by atoms with E-state index >= 15 is 0 Å². The molecule has 2 aromatic rings. The van der Waals surface area contributed by atoms with Crippen molar-refractivity contribution in [3.8, 4) is 0 Å². The van der Waals surface area contributed by atoms with Gasteiger partial charge in [0.15, 0.2) is 0 Å². The van der Waals surface area contributed by atoms with Crippen LogP contribution in [0.25, 0.3) is 10.2 Å². The van der Waals surface area contributed by atoms with Gasteiger partial charge in [-0.15, -0.1) is 11.3 Å². The quantitative estimate of drug-likeness (QED) is 0.909. The number of nitrogens with one attached hydrogen (secondary N) is 2. The summed E-state index contributed by atoms with van der Waals surface area (Å²) >= 11 is 1.77. The summed E-state index contributed by atoms with van der Waals surface area (Å²) in [6, 6.07) is 2.39. The van der Waals surface area contributed by atoms with Crippen LogP contribution in [0.4, 0.5) is 0 Å². The maximum atomic E-state index is 12.2. The average Bonchev–Trinajstić information content (AvgIpc) is 3.16. The smallest absolute Gasteiger partial charge is 0.267 e. The summed E-state index contributed by atoms with van der Waals surface area (Å²) in [4.78, 5) is 19.3. The number of amides is 1. The third kappa shape index (κ3) is 2.78. The monoisotopic (exact) mass is 319 g/mol. The number of fused-ring (bicyclic) bond motifs is 1. The molecule has 22 heavy (non-hydrogen) atoms. The van der Waals surface area contributed by atoms with Crippen molar-refractivity contribution in [3.05, 3.63) is 22.2 Å². The van der Waals surface area contributed by atoms with Crippen molar-refractivity contribution in [2.75, 3.05) is 26.3 Å². The van der Waals surface area contributed by atoms with Gasteiger partial charge in [-0.25, -0.2) is 0 Å². The van der Waals surface area contributed by atoms with Crippen LogP contribution in [0, 0.1) is 6.92 Å². The molecule has 0 atom stereocenters. The number of aromatic amines is 1. The second kappa shape index (κ2) is 5.68. The number of ether oxygens (including phenoxy) is 1. The number of H-pyrrole nitrogens is 1. The van der Waals surface area contributed by atoms with Crippen molar-refractivity contribution < 1.29 is 9.53 Å². The van der Waals surface area contributed by atoms with Gasteiger partial charge in [0, 0.05) is 36.1 Å². The Morgan fingerprint density at radius 1 is 1.45 bits per heavy atom. The molecule has 5 nitrogen and oxygen atoms in total. The van der Waals surface area contributed by atoms with E-state index in [0.717, 1.165) is 51.2 Å². The van der Waals surface area contributed by atoms with E-state index in [1.807, 2.05) is 6.07 Å². The van der Waals surface area contributed by atoms with E-state index in [1.165, 1.54) is 15.1 Å². The molecule has 1 saturated heterocycles. The highest BCUT2D eigenvalue weighted by Crippen LogP contribution is 2.32. The molecule has 0 aromatic carbocycles. The molecule has 1 saturated carbocycles. The summed E-state index contributed by atoms with van der Waals surface area (Å²) in [5.41, 5.74) is 3.15. The van der Waals surface area contributed by atoms with Crippen molar-refractivity contribution >= 4 is 27.5 Å². The summed E-state index contributed by atoms with van der Waals surface area (Å²) in [7, 11) is 0. The van der Waals surface area contributed by atoms with Crippen LogP contribution in [0.3, 0.4) is 0 Å². The Morgan fingerprint density at radius 3 is 2.95 bits per heavy atom. The summed E-state index contributed by atoms with van der Waals surface area (Å²) in [5, 5.41) is 3.04. The molecule has 1 aliphatic heterocycles. The Bertz CT molecular complexity index is 696. The van der Waals surface area contributed by atoms with Gasteiger partial charge in [-0.2, -0.15) is 0 Å². The standard InChI is InChI=1S/C16H21N3O2S/c1-10-12(9-19-4-6-21-7-5-19)15-14(22-10)8-13(18-15)16(20)17-11-2-3-11/h8,11,18H,2-7,9H2,1H3,(H,17,20). The van der Waals surface area contributed by atoms with Crippen molar-refractivity contribution in [1.29, 1.82) is 0 Å². The Labute approximate surface area is 133 Å². The summed E-state index contributed by atoms with van der Waals surface area (Å²) in [5.74, 6) is 0.0286. The third-order valence-corrected chi connectivity index (χ3v) is 5.51. The highest BCUT2D eigenvalue weighted by atomic mass is 32.1. The van der Waals surface area contributed by atoms with Gasteiger partial charge < -0.3 is 15.0 Å². The highest BCUT2D eigenvalue weighted by Gasteiger charge is 2.25. The molecule has 2 N–H and O–H groups in total.